The van der Waals surface area contributed by atoms with E-state index in [0.717, 1.165) is 0 Å². The highest BCUT2D eigenvalue weighted by Crippen LogP contribution is 1.96. The Hall–Kier alpha value is -0.130. The Balaban J connectivity index is 3.64. The van der Waals surface area contributed by atoms with Crippen molar-refractivity contribution >= 4 is 10.0 Å². The number of nitrogens with one attached hydrogen (secondary N) is 1. The Morgan fingerprint density at radius 3 is 2.46 bits per heavy atom. The molecular formula is C8H19NO3S. The third-order valence-corrected chi connectivity index (χ3v) is 3.33. The van der Waals surface area contributed by atoms with Crippen LogP contribution in [0.3, 0.4) is 0 Å². The summed E-state index contributed by atoms with van der Waals surface area (Å²) in [5, 5.41) is 9.15. The molecule has 0 aromatic carbocycles. The van der Waals surface area contributed by atoms with Crippen molar-refractivity contribution in [2.24, 2.45) is 0 Å². The molecule has 0 saturated heterocycles. The van der Waals surface area contributed by atoms with Crippen LogP contribution in [-0.2, 0) is 10.0 Å². The van der Waals surface area contributed by atoms with Crippen molar-refractivity contribution in [2.75, 3.05) is 12.3 Å². The van der Waals surface area contributed by atoms with Crippen molar-refractivity contribution in [1.82, 2.24) is 4.72 Å². The molecule has 0 radical (unpaired) electrons. The van der Waals surface area contributed by atoms with E-state index < -0.39 is 16.1 Å². The molecule has 1 atom stereocenters. The lowest BCUT2D eigenvalue weighted by atomic mass is 10.2. The summed E-state index contributed by atoms with van der Waals surface area (Å²) < 4.78 is 24.7. The Kier molecular flexibility index (Phi) is 6.28. The van der Waals surface area contributed by atoms with Crippen LogP contribution in [0.4, 0.5) is 0 Å². The summed E-state index contributed by atoms with van der Waals surface area (Å²) >= 11 is 0. The van der Waals surface area contributed by atoms with E-state index in [4.69, 9.17) is 5.11 Å². The van der Waals surface area contributed by atoms with Crippen molar-refractivity contribution < 1.29 is 13.5 Å². The number of sulfonamides is 1. The van der Waals surface area contributed by atoms with Gasteiger partial charge in [-0.25, -0.2) is 13.1 Å². The van der Waals surface area contributed by atoms with Crippen LogP contribution in [0.15, 0.2) is 0 Å². The van der Waals surface area contributed by atoms with Crippen LogP contribution in [-0.4, -0.2) is 31.9 Å². The van der Waals surface area contributed by atoms with E-state index in [0.29, 0.717) is 25.8 Å². The highest BCUT2D eigenvalue weighted by molar-refractivity contribution is 7.89. The van der Waals surface area contributed by atoms with Crippen LogP contribution in [0.5, 0.6) is 0 Å². The van der Waals surface area contributed by atoms with Crippen molar-refractivity contribution in [3.63, 3.8) is 0 Å². The molecule has 0 unspecified atom stereocenters. The maximum atomic E-state index is 11.1. The smallest absolute Gasteiger partial charge is 0.211 e. The zero-order valence-electron chi connectivity index (χ0n) is 8.28. The van der Waals surface area contributed by atoms with Crippen molar-refractivity contribution in [2.45, 2.75) is 39.2 Å². The van der Waals surface area contributed by atoms with E-state index in [-0.39, 0.29) is 5.75 Å². The monoisotopic (exact) mass is 209 g/mol. The minimum atomic E-state index is -3.10. The summed E-state index contributed by atoms with van der Waals surface area (Å²) in [6.45, 7) is 4.02. The van der Waals surface area contributed by atoms with Crippen LogP contribution in [0.2, 0.25) is 0 Å². The Bertz CT molecular complexity index is 213. The predicted molar refractivity (Wildman–Crippen MR) is 53.0 cm³/mol. The van der Waals surface area contributed by atoms with Gasteiger partial charge >= 0.3 is 0 Å². The molecule has 13 heavy (non-hydrogen) atoms. The fourth-order valence-electron chi connectivity index (χ4n) is 0.926. The second-order valence-electron chi connectivity index (χ2n) is 3.06. The Morgan fingerprint density at radius 2 is 2.00 bits per heavy atom. The number of hydrogen-bond acceptors (Lipinski definition) is 3. The first-order valence-electron chi connectivity index (χ1n) is 4.67. The van der Waals surface area contributed by atoms with E-state index in [1.807, 2.05) is 13.8 Å². The lowest BCUT2D eigenvalue weighted by molar-refractivity contribution is 0.162. The zero-order chi connectivity index (χ0) is 10.3. The normalized spacial score (nSPS) is 14.4. The average Bonchev–Trinajstić information content (AvgIpc) is 2.03. The van der Waals surface area contributed by atoms with Gasteiger partial charge in [0.05, 0.1) is 11.9 Å². The summed E-state index contributed by atoms with van der Waals surface area (Å²) in [6.07, 6.45) is 1.37. The van der Waals surface area contributed by atoms with Gasteiger partial charge in [0.15, 0.2) is 0 Å². The highest BCUT2D eigenvalue weighted by Gasteiger charge is 2.08. The summed E-state index contributed by atoms with van der Waals surface area (Å²) in [6, 6.07) is 0. The molecule has 0 rings (SSSR count). The van der Waals surface area contributed by atoms with E-state index in [1.165, 1.54) is 0 Å². The van der Waals surface area contributed by atoms with Crippen LogP contribution in [0.25, 0.3) is 0 Å². The number of aliphatic hydroxyl groups excluding tert-OH is 1. The molecule has 0 aliphatic heterocycles. The molecule has 2 N–H and O–H groups in total. The standard InChI is InChI=1S/C8H19NO3S/c1-3-7-13(11,12)9-6-5-8(10)4-2/h8-10H,3-7H2,1-2H3/t8-/m1/s1. The summed E-state index contributed by atoms with van der Waals surface area (Å²) in [7, 11) is -3.10. The molecule has 0 aromatic rings. The van der Waals surface area contributed by atoms with E-state index >= 15 is 0 Å². The van der Waals surface area contributed by atoms with Crippen LogP contribution in [0.1, 0.15) is 33.1 Å². The average molecular weight is 209 g/mol. The number of aliphatic hydroxyl groups is 1. The fraction of sp³-hybridized carbons (Fsp3) is 1.00. The summed E-state index contributed by atoms with van der Waals surface area (Å²) in [5.74, 6) is 0.162. The molecule has 0 aliphatic rings. The second kappa shape index (κ2) is 6.34. The molecule has 80 valence electrons. The van der Waals surface area contributed by atoms with E-state index in [9.17, 15) is 8.42 Å². The molecule has 0 saturated carbocycles. The molecule has 0 aromatic heterocycles. The molecule has 0 heterocycles. The van der Waals surface area contributed by atoms with Crippen LogP contribution < -0.4 is 4.72 Å². The van der Waals surface area contributed by atoms with Gasteiger partial charge in [0.2, 0.25) is 10.0 Å². The van der Waals surface area contributed by atoms with Crippen LogP contribution >= 0.6 is 0 Å². The van der Waals surface area contributed by atoms with Gasteiger partial charge in [-0.05, 0) is 19.3 Å². The van der Waals surface area contributed by atoms with Crippen molar-refractivity contribution in [1.29, 1.82) is 0 Å². The maximum Gasteiger partial charge on any atom is 0.211 e. The lowest BCUT2D eigenvalue weighted by Gasteiger charge is -2.08. The second-order valence-corrected chi connectivity index (χ2v) is 4.99. The molecule has 4 nitrogen and oxygen atoms in total. The van der Waals surface area contributed by atoms with Crippen molar-refractivity contribution in [3.8, 4) is 0 Å². The van der Waals surface area contributed by atoms with Crippen molar-refractivity contribution in [3.05, 3.63) is 0 Å². The Labute approximate surface area is 80.4 Å². The number of rotatable bonds is 7. The molecular weight excluding hydrogens is 190 g/mol. The molecule has 0 spiro atoms. The molecule has 0 bridgehead atoms. The third kappa shape index (κ3) is 6.98. The van der Waals surface area contributed by atoms with E-state index in [1.54, 1.807) is 0 Å². The SMILES string of the molecule is CCCS(=O)(=O)NCC[C@H](O)CC. The molecule has 0 aliphatic carbocycles. The maximum absolute atomic E-state index is 11.1. The number of hydrogen-bond donors (Lipinski definition) is 2. The van der Waals surface area contributed by atoms with E-state index in [2.05, 4.69) is 4.72 Å². The molecule has 0 amide bonds. The molecule has 5 heteroatoms. The zero-order valence-corrected chi connectivity index (χ0v) is 9.10. The van der Waals surface area contributed by atoms with Gasteiger partial charge in [-0.3, -0.25) is 0 Å². The minimum Gasteiger partial charge on any atom is -0.393 e. The summed E-state index contributed by atoms with van der Waals surface area (Å²) in [4.78, 5) is 0. The van der Waals surface area contributed by atoms with Gasteiger partial charge in [-0.15, -0.1) is 0 Å². The quantitative estimate of drug-likeness (QED) is 0.641. The third-order valence-electron chi connectivity index (χ3n) is 1.74. The summed E-state index contributed by atoms with van der Waals surface area (Å²) in [5.41, 5.74) is 0. The topological polar surface area (TPSA) is 66.4 Å². The van der Waals surface area contributed by atoms with Gasteiger partial charge in [0, 0.05) is 6.54 Å². The molecule has 0 fully saturated rings. The van der Waals surface area contributed by atoms with Gasteiger partial charge in [0.1, 0.15) is 0 Å². The first-order valence-corrected chi connectivity index (χ1v) is 6.32. The van der Waals surface area contributed by atoms with Gasteiger partial charge < -0.3 is 5.11 Å². The predicted octanol–water partition coefficient (Wildman–Crippen LogP) is 0.477. The first-order chi connectivity index (χ1) is 6.02. The minimum absolute atomic E-state index is 0.162. The fourth-order valence-corrected chi connectivity index (χ4v) is 2.04. The first kappa shape index (κ1) is 12.9. The van der Waals surface area contributed by atoms with Gasteiger partial charge in [-0.1, -0.05) is 13.8 Å². The van der Waals surface area contributed by atoms with Crippen LogP contribution in [0, 0.1) is 0 Å². The Morgan fingerprint density at radius 1 is 1.38 bits per heavy atom. The largest absolute Gasteiger partial charge is 0.393 e. The van der Waals surface area contributed by atoms with Gasteiger partial charge in [0.25, 0.3) is 0 Å². The van der Waals surface area contributed by atoms with Gasteiger partial charge in [-0.2, -0.15) is 0 Å². The highest BCUT2D eigenvalue weighted by atomic mass is 32.2. The lowest BCUT2D eigenvalue weighted by Crippen LogP contribution is -2.29.